The highest BCUT2D eigenvalue weighted by atomic mass is 35.5. The quantitative estimate of drug-likeness (QED) is 0.712. The van der Waals surface area contributed by atoms with Crippen LogP contribution in [0.4, 0.5) is 0 Å². The molecule has 1 amide bonds. The molecule has 0 aliphatic heterocycles. The lowest BCUT2D eigenvalue weighted by Crippen LogP contribution is -3.08. The van der Waals surface area contributed by atoms with E-state index in [4.69, 9.17) is 16.0 Å². The van der Waals surface area contributed by atoms with E-state index >= 15 is 0 Å². The maximum atomic E-state index is 12.3. The van der Waals surface area contributed by atoms with Crippen LogP contribution in [-0.4, -0.2) is 19.5 Å². The highest BCUT2D eigenvalue weighted by molar-refractivity contribution is 6.31. The molecule has 0 bridgehead atoms. The molecule has 1 aromatic heterocycles. The Hall–Kier alpha value is -2.30. The summed E-state index contributed by atoms with van der Waals surface area (Å²) in [5.41, 5.74) is 1.87. The first-order valence-electron chi connectivity index (χ1n) is 8.35. The number of likely N-dealkylation sites (N-methyl/N-ethyl adjacent to an activating group) is 1. The van der Waals surface area contributed by atoms with Gasteiger partial charge in [0.15, 0.2) is 6.54 Å². The predicted octanol–water partition coefficient (Wildman–Crippen LogP) is 2.98. The summed E-state index contributed by atoms with van der Waals surface area (Å²) in [6, 6.07) is 17.3. The van der Waals surface area contributed by atoms with Crippen LogP contribution in [0.5, 0.6) is 0 Å². The first-order valence-corrected chi connectivity index (χ1v) is 8.73. The van der Waals surface area contributed by atoms with E-state index in [1.54, 1.807) is 0 Å². The number of rotatable bonds is 6. The lowest BCUT2D eigenvalue weighted by atomic mass is 10.2. The van der Waals surface area contributed by atoms with E-state index in [0.717, 1.165) is 32.2 Å². The van der Waals surface area contributed by atoms with E-state index in [9.17, 15) is 4.79 Å². The summed E-state index contributed by atoms with van der Waals surface area (Å²) < 4.78 is 5.81. The van der Waals surface area contributed by atoms with Crippen molar-refractivity contribution in [1.29, 1.82) is 0 Å². The zero-order chi connectivity index (χ0) is 17.8. The van der Waals surface area contributed by atoms with Crippen molar-refractivity contribution in [1.82, 2.24) is 5.32 Å². The molecule has 130 valence electrons. The second-order valence-electron chi connectivity index (χ2n) is 6.38. The number of hydrogen-bond acceptors (Lipinski definition) is 2. The van der Waals surface area contributed by atoms with Crippen molar-refractivity contribution in [3.05, 3.63) is 70.9 Å². The minimum Gasteiger partial charge on any atom is -0.459 e. The molecule has 3 rings (SSSR count). The number of fused-ring (bicyclic) bond motifs is 1. The monoisotopic (exact) mass is 357 g/mol. The molecule has 5 heteroatoms. The Morgan fingerprint density at radius 3 is 2.68 bits per heavy atom. The van der Waals surface area contributed by atoms with E-state index in [2.05, 4.69) is 5.32 Å². The lowest BCUT2D eigenvalue weighted by molar-refractivity contribution is -0.885. The first kappa shape index (κ1) is 17.5. The van der Waals surface area contributed by atoms with Gasteiger partial charge in [0.1, 0.15) is 17.9 Å². The fourth-order valence-corrected chi connectivity index (χ4v) is 3.09. The van der Waals surface area contributed by atoms with Gasteiger partial charge in [0.25, 0.3) is 5.91 Å². The smallest absolute Gasteiger partial charge is 0.275 e. The molecule has 1 heterocycles. The molecule has 3 aromatic rings. The molecular weight excluding hydrogens is 336 g/mol. The summed E-state index contributed by atoms with van der Waals surface area (Å²) in [5.74, 6) is 0.746. The van der Waals surface area contributed by atoms with E-state index in [-0.39, 0.29) is 11.9 Å². The molecule has 0 fully saturated rings. The summed E-state index contributed by atoms with van der Waals surface area (Å²) in [5, 5.41) is 4.78. The predicted molar refractivity (Wildman–Crippen MR) is 99.7 cm³/mol. The second-order valence-corrected chi connectivity index (χ2v) is 6.79. The number of halogens is 1. The minimum atomic E-state index is -0.173. The molecule has 25 heavy (non-hydrogen) atoms. The van der Waals surface area contributed by atoms with Crippen molar-refractivity contribution in [2.75, 3.05) is 13.6 Å². The number of nitrogens with one attached hydrogen (secondary N) is 2. The van der Waals surface area contributed by atoms with Gasteiger partial charge >= 0.3 is 0 Å². The summed E-state index contributed by atoms with van der Waals surface area (Å²) in [6.45, 7) is 3.00. The van der Waals surface area contributed by atoms with E-state index < -0.39 is 0 Å². The minimum absolute atomic E-state index is 0.0162. The lowest BCUT2D eigenvalue weighted by Gasteiger charge is -2.16. The average molecular weight is 358 g/mol. The number of hydrogen-bond donors (Lipinski definition) is 2. The highest BCUT2D eigenvalue weighted by Gasteiger charge is 2.17. The van der Waals surface area contributed by atoms with Gasteiger partial charge in [0.05, 0.1) is 13.1 Å². The number of para-hydroxylation sites is 1. The van der Waals surface area contributed by atoms with Gasteiger partial charge < -0.3 is 14.6 Å². The standard InChI is InChI=1S/C20H21ClN2O2/c1-14(19-11-15-7-4-6-10-18(15)25-19)22-20(24)13-23(2)12-16-8-3-5-9-17(16)21/h3-11,14H,12-13H2,1-2H3,(H,22,24)/p+1/t14-/m0/s1. The summed E-state index contributed by atoms with van der Waals surface area (Å²) in [6.07, 6.45) is 0. The van der Waals surface area contributed by atoms with Crippen LogP contribution in [0.25, 0.3) is 11.0 Å². The van der Waals surface area contributed by atoms with Crippen LogP contribution in [0.1, 0.15) is 24.3 Å². The molecule has 0 spiro atoms. The van der Waals surface area contributed by atoms with Crippen LogP contribution in [0, 0.1) is 0 Å². The van der Waals surface area contributed by atoms with E-state index in [1.165, 1.54) is 0 Å². The SMILES string of the molecule is C[C@H](NC(=O)C[NH+](C)Cc1ccccc1Cl)c1cc2ccccc2o1. The van der Waals surface area contributed by atoms with Crippen molar-refractivity contribution in [2.45, 2.75) is 19.5 Å². The second kappa shape index (κ2) is 7.72. The summed E-state index contributed by atoms with van der Waals surface area (Å²) >= 11 is 6.18. The molecule has 1 unspecified atom stereocenters. The zero-order valence-electron chi connectivity index (χ0n) is 14.4. The van der Waals surface area contributed by atoms with Gasteiger partial charge in [-0.25, -0.2) is 0 Å². The molecule has 2 atom stereocenters. The molecule has 0 aliphatic rings. The van der Waals surface area contributed by atoms with Crippen LogP contribution >= 0.6 is 11.6 Å². The van der Waals surface area contributed by atoms with Crippen LogP contribution in [0.15, 0.2) is 59.0 Å². The molecule has 0 saturated carbocycles. The topological polar surface area (TPSA) is 46.7 Å². The van der Waals surface area contributed by atoms with E-state index in [1.807, 2.05) is 68.6 Å². The number of amides is 1. The molecule has 0 radical (unpaired) electrons. The molecule has 2 N–H and O–H groups in total. The summed E-state index contributed by atoms with van der Waals surface area (Å²) in [4.78, 5) is 13.4. The van der Waals surface area contributed by atoms with Crippen LogP contribution in [-0.2, 0) is 11.3 Å². The van der Waals surface area contributed by atoms with Gasteiger partial charge in [-0.05, 0) is 25.1 Å². The number of furan rings is 1. The third-order valence-electron chi connectivity index (χ3n) is 4.16. The Labute approximate surface area is 152 Å². The highest BCUT2D eigenvalue weighted by Crippen LogP contribution is 2.23. The molecule has 4 nitrogen and oxygen atoms in total. The number of quaternary nitrogens is 1. The Bertz CT molecular complexity index is 842. The molecular formula is C20H22ClN2O2+. The zero-order valence-corrected chi connectivity index (χ0v) is 15.1. The number of carbonyl (C=O) groups is 1. The van der Waals surface area contributed by atoms with E-state index in [0.29, 0.717) is 13.1 Å². The van der Waals surface area contributed by atoms with Crippen molar-refractivity contribution in [3.8, 4) is 0 Å². The Morgan fingerprint density at radius 2 is 1.92 bits per heavy atom. The normalized spacial score (nSPS) is 13.6. The van der Waals surface area contributed by atoms with Crippen molar-refractivity contribution < 1.29 is 14.1 Å². The van der Waals surface area contributed by atoms with Gasteiger partial charge in [-0.15, -0.1) is 0 Å². The fourth-order valence-electron chi connectivity index (χ4n) is 2.88. The maximum Gasteiger partial charge on any atom is 0.275 e. The van der Waals surface area contributed by atoms with Crippen LogP contribution < -0.4 is 10.2 Å². The maximum absolute atomic E-state index is 12.3. The Morgan fingerprint density at radius 1 is 1.20 bits per heavy atom. The van der Waals surface area contributed by atoms with Gasteiger partial charge in [-0.2, -0.15) is 0 Å². The molecule has 0 aliphatic carbocycles. The first-order chi connectivity index (χ1) is 12.0. The third-order valence-corrected chi connectivity index (χ3v) is 4.53. The Balaban J connectivity index is 1.57. The number of carbonyl (C=O) groups excluding carboxylic acids is 1. The Kier molecular flexibility index (Phi) is 5.41. The largest absolute Gasteiger partial charge is 0.459 e. The van der Waals surface area contributed by atoms with Crippen molar-refractivity contribution in [3.63, 3.8) is 0 Å². The van der Waals surface area contributed by atoms with Gasteiger partial charge in [-0.1, -0.05) is 48.0 Å². The van der Waals surface area contributed by atoms with Crippen LogP contribution in [0.3, 0.4) is 0 Å². The van der Waals surface area contributed by atoms with Crippen molar-refractivity contribution >= 4 is 28.5 Å². The fraction of sp³-hybridized carbons (Fsp3) is 0.250. The number of benzene rings is 2. The third kappa shape index (κ3) is 4.41. The molecule has 2 aromatic carbocycles. The van der Waals surface area contributed by atoms with Crippen molar-refractivity contribution in [2.24, 2.45) is 0 Å². The van der Waals surface area contributed by atoms with Gasteiger partial charge in [0, 0.05) is 16.0 Å². The summed E-state index contributed by atoms with van der Waals surface area (Å²) in [7, 11) is 1.98. The average Bonchev–Trinajstić information content (AvgIpc) is 3.01. The van der Waals surface area contributed by atoms with Crippen LogP contribution in [0.2, 0.25) is 5.02 Å². The van der Waals surface area contributed by atoms with Gasteiger partial charge in [0.2, 0.25) is 0 Å². The van der Waals surface area contributed by atoms with Gasteiger partial charge in [-0.3, -0.25) is 4.79 Å². The molecule has 0 saturated heterocycles.